The van der Waals surface area contributed by atoms with Crippen LogP contribution in [0.2, 0.25) is 0 Å². The van der Waals surface area contributed by atoms with Crippen molar-refractivity contribution in [2.45, 2.75) is 26.4 Å². The molecule has 21 heavy (non-hydrogen) atoms. The van der Waals surface area contributed by atoms with Gasteiger partial charge in [0, 0.05) is 11.4 Å². The van der Waals surface area contributed by atoms with Gasteiger partial charge in [-0.25, -0.2) is 0 Å². The van der Waals surface area contributed by atoms with Crippen molar-refractivity contribution in [3.05, 3.63) is 47.9 Å². The summed E-state index contributed by atoms with van der Waals surface area (Å²) >= 11 is 0. The third-order valence-corrected chi connectivity index (χ3v) is 3.42. The molecule has 0 spiro atoms. The predicted molar refractivity (Wildman–Crippen MR) is 83.9 cm³/mol. The number of hydrogen-bond acceptors (Lipinski definition) is 4. The molecule has 5 nitrogen and oxygen atoms in total. The highest BCUT2D eigenvalue weighted by Gasteiger charge is 2.19. The molecule has 1 unspecified atom stereocenters. The minimum atomic E-state index is -0.270. The summed E-state index contributed by atoms with van der Waals surface area (Å²) in [7, 11) is 1.89. The number of rotatable bonds is 5. The quantitative estimate of drug-likeness (QED) is 0.829. The largest absolute Gasteiger partial charge is 0.465 e. The molecule has 0 saturated carbocycles. The molecule has 5 heteroatoms. The molecule has 0 bridgehead atoms. The number of furan rings is 1. The molecular weight excluding hydrogens is 266 g/mol. The highest BCUT2D eigenvalue weighted by Crippen LogP contribution is 2.13. The van der Waals surface area contributed by atoms with E-state index in [0.29, 0.717) is 12.2 Å². The number of nitrogens with zero attached hydrogens (tertiary/aromatic N) is 1. The number of nitrogens with one attached hydrogen (secondary N) is 1. The maximum atomic E-state index is 12.2. The zero-order valence-electron chi connectivity index (χ0n) is 12.6. The Morgan fingerprint density at radius 3 is 2.52 bits per heavy atom. The van der Waals surface area contributed by atoms with Crippen LogP contribution in [0.15, 0.2) is 40.8 Å². The summed E-state index contributed by atoms with van der Waals surface area (Å²) in [6.45, 7) is 4.35. The Balaban J connectivity index is 1.93. The van der Waals surface area contributed by atoms with Crippen LogP contribution in [0, 0.1) is 6.92 Å². The Hall–Kier alpha value is -2.27. The zero-order chi connectivity index (χ0) is 15.4. The van der Waals surface area contributed by atoms with E-state index >= 15 is 0 Å². The van der Waals surface area contributed by atoms with Gasteiger partial charge in [-0.3, -0.25) is 9.69 Å². The molecule has 0 aliphatic heterocycles. The minimum Gasteiger partial charge on any atom is -0.465 e. The fourth-order valence-electron chi connectivity index (χ4n) is 1.97. The van der Waals surface area contributed by atoms with Gasteiger partial charge in [0.15, 0.2) is 0 Å². The molecular formula is C16H21N3O2. The summed E-state index contributed by atoms with van der Waals surface area (Å²) in [5, 5.41) is 2.87. The smallest absolute Gasteiger partial charge is 0.241 e. The van der Waals surface area contributed by atoms with Crippen molar-refractivity contribution in [3.8, 4) is 0 Å². The Bertz CT molecular complexity index is 604. The molecule has 3 N–H and O–H groups in total. The Labute approximate surface area is 124 Å². The van der Waals surface area contributed by atoms with Crippen LogP contribution in [0.1, 0.15) is 18.4 Å². The second-order valence-electron chi connectivity index (χ2n) is 5.21. The van der Waals surface area contributed by atoms with Gasteiger partial charge < -0.3 is 15.5 Å². The van der Waals surface area contributed by atoms with Crippen LogP contribution in [0.5, 0.6) is 0 Å². The van der Waals surface area contributed by atoms with Crippen LogP contribution in [0.3, 0.4) is 0 Å². The number of carbonyl (C=O) groups excluding carboxylic acids is 1. The Kier molecular flexibility index (Phi) is 4.65. The topological polar surface area (TPSA) is 71.5 Å². The van der Waals surface area contributed by atoms with Crippen LogP contribution >= 0.6 is 0 Å². The molecule has 0 saturated heterocycles. The van der Waals surface area contributed by atoms with Crippen LogP contribution in [0.4, 0.5) is 11.4 Å². The number of carbonyl (C=O) groups is 1. The van der Waals surface area contributed by atoms with Crippen molar-refractivity contribution >= 4 is 17.3 Å². The van der Waals surface area contributed by atoms with Crippen molar-refractivity contribution < 1.29 is 9.21 Å². The van der Waals surface area contributed by atoms with Gasteiger partial charge in [0.2, 0.25) is 5.91 Å². The molecule has 2 rings (SSSR count). The average Bonchev–Trinajstić information content (AvgIpc) is 2.85. The molecule has 0 fully saturated rings. The third-order valence-electron chi connectivity index (χ3n) is 3.42. The number of hydrogen-bond donors (Lipinski definition) is 2. The Morgan fingerprint density at radius 2 is 1.95 bits per heavy atom. The molecule has 1 aromatic carbocycles. The van der Waals surface area contributed by atoms with E-state index in [0.717, 1.165) is 17.2 Å². The third kappa shape index (κ3) is 4.10. The monoisotopic (exact) mass is 287 g/mol. The van der Waals surface area contributed by atoms with E-state index in [2.05, 4.69) is 5.32 Å². The number of nitrogen functional groups attached to an aromatic ring is 1. The number of aryl methyl sites for hydroxylation is 1. The molecule has 2 aromatic rings. The first-order chi connectivity index (χ1) is 9.95. The van der Waals surface area contributed by atoms with Gasteiger partial charge in [-0.2, -0.15) is 0 Å². The van der Waals surface area contributed by atoms with Crippen LogP contribution in [0.25, 0.3) is 0 Å². The van der Waals surface area contributed by atoms with Gasteiger partial charge >= 0.3 is 0 Å². The zero-order valence-corrected chi connectivity index (χ0v) is 12.6. The van der Waals surface area contributed by atoms with E-state index in [1.807, 2.05) is 37.9 Å². The summed E-state index contributed by atoms with van der Waals surface area (Å²) in [5.74, 6) is 1.66. The predicted octanol–water partition coefficient (Wildman–Crippen LogP) is 2.63. The van der Waals surface area contributed by atoms with E-state index in [4.69, 9.17) is 10.2 Å². The molecule has 0 aliphatic carbocycles. The summed E-state index contributed by atoms with van der Waals surface area (Å²) in [4.78, 5) is 14.2. The van der Waals surface area contributed by atoms with Crippen LogP contribution < -0.4 is 11.1 Å². The van der Waals surface area contributed by atoms with Crippen molar-refractivity contribution in [1.82, 2.24) is 4.90 Å². The first-order valence-electron chi connectivity index (χ1n) is 6.87. The lowest BCUT2D eigenvalue weighted by Gasteiger charge is -2.22. The van der Waals surface area contributed by atoms with Gasteiger partial charge in [0.25, 0.3) is 0 Å². The van der Waals surface area contributed by atoms with Crippen LogP contribution in [-0.2, 0) is 11.3 Å². The second kappa shape index (κ2) is 6.45. The van der Waals surface area contributed by atoms with Crippen molar-refractivity contribution in [2.75, 3.05) is 18.1 Å². The van der Waals surface area contributed by atoms with Crippen LogP contribution in [-0.4, -0.2) is 23.9 Å². The average molecular weight is 287 g/mol. The lowest BCUT2D eigenvalue weighted by molar-refractivity contribution is -0.120. The van der Waals surface area contributed by atoms with E-state index in [1.54, 1.807) is 24.3 Å². The first kappa shape index (κ1) is 15.1. The molecule has 1 heterocycles. The van der Waals surface area contributed by atoms with Gasteiger partial charge in [0.05, 0.1) is 12.6 Å². The molecule has 112 valence electrons. The van der Waals surface area contributed by atoms with Gasteiger partial charge in [0.1, 0.15) is 11.5 Å². The van der Waals surface area contributed by atoms with E-state index in [1.165, 1.54) is 0 Å². The summed E-state index contributed by atoms with van der Waals surface area (Å²) in [5.41, 5.74) is 7.03. The van der Waals surface area contributed by atoms with Crippen molar-refractivity contribution in [3.63, 3.8) is 0 Å². The standard InChI is InChI=1S/C16H21N3O2/c1-11-4-9-15(21-11)10-19(3)12(2)16(20)18-14-7-5-13(17)6-8-14/h4-9,12H,10,17H2,1-3H3,(H,18,20). The normalized spacial score (nSPS) is 12.4. The minimum absolute atomic E-state index is 0.0643. The van der Waals surface area contributed by atoms with Gasteiger partial charge in [-0.05, 0) is 57.3 Å². The number of anilines is 2. The number of nitrogens with two attached hydrogens (primary N) is 1. The molecule has 1 amide bonds. The lowest BCUT2D eigenvalue weighted by atomic mass is 10.2. The van der Waals surface area contributed by atoms with Crippen molar-refractivity contribution in [1.29, 1.82) is 0 Å². The number of benzene rings is 1. The van der Waals surface area contributed by atoms with E-state index in [9.17, 15) is 4.79 Å². The van der Waals surface area contributed by atoms with E-state index < -0.39 is 0 Å². The SMILES string of the molecule is Cc1ccc(CN(C)C(C)C(=O)Nc2ccc(N)cc2)o1. The maximum absolute atomic E-state index is 12.2. The molecule has 1 atom stereocenters. The first-order valence-corrected chi connectivity index (χ1v) is 6.87. The highest BCUT2D eigenvalue weighted by molar-refractivity contribution is 5.94. The molecule has 1 aromatic heterocycles. The summed E-state index contributed by atoms with van der Waals surface area (Å²) in [6, 6.07) is 10.7. The maximum Gasteiger partial charge on any atom is 0.241 e. The fraction of sp³-hybridized carbons (Fsp3) is 0.312. The fourth-order valence-corrected chi connectivity index (χ4v) is 1.97. The molecule has 0 aliphatic rings. The summed E-state index contributed by atoms with van der Waals surface area (Å²) in [6.07, 6.45) is 0. The second-order valence-corrected chi connectivity index (χ2v) is 5.21. The Morgan fingerprint density at radius 1 is 1.29 bits per heavy atom. The van der Waals surface area contributed by atoms with Gasteiger partial charge in [-0.15, -0.1) is 0 Å². The number of amides is 1. The molecule has 0 radical (unpaired) electrons. The van der Waals surface area contributed by atoms with E-state index in [-0.39, 0.29) is 11.9 Å². The van der Waals surface area contributed by atoms with Gasteiger partial charge in [-0.1, -0.05) is 0 Å². The lowest BCUT2D eigenvalue weighted by Crippen LogP contribution is -2.39. The highest BCUT2D eigenvalue weighted by atomic mass is 16.3. The van der Waals surface area contributed by atoms with Crippen molar-refractivity contribution in [2.24, 2.45) is 0 Å². The summed E-state index contributed by atoms with van der Waals surface area (Å²) < 4.78 is 5.53. The number of likely N-dealkylation sites (N-methyl/N-ethyl adjacent to an activating group) is 1.